The zero-order valence-electron chi connectivity index (χ0n) is 15.3. The second-order valence-corrected chi connectivity index (χ2v) is 10.7. The van der Waals surface area contributed by atoms with Crippen LogP contribution in [0.3, 0.4) is 0 Å². The van der Waals surface area contributed by atoms with Crippen LogP contribution in [0.15, 0.2) is 46.2 Å². The topological polar surface area (TPSA) is 102 Å². The van der Waals surface area contributed by atoms with E-state index in [-0.39, 0.29) is 20.5 Å². The van der Waals surface area contributed by atoms with Crippen molar-refractivity contribution in [3.8, 4) is 11.5 Å². The fraction of sp³-hybridized carbons (Fsp3) is 0.333. The maximum absolute atomic E-state index is 12.8. The molecule has 0 amide bonds. The third-order valence-electron chi connectivity index (χ3n) is 4.69. The molecule has 29 heavy (non-hydrogen) atoms. The predicted molar refractivity (Wildman–Crippen MR) is 108 cm³/mol. The smallest absolute Gasteiger partial charge is 0.262 e. The highest BCUT2D eigenvalue weighted by Crippen LogP contribution is 2.34. The first-order chi connectivity index (χ1) is 13.8. The summed E-state index contributed by atoms with van der Waals surface area (Å²) in [4.78, 5) is -0.149. The molecule has 0 unspecified atom stereocenters. The number of hydrogen-bond acceptors (Lipinski definition) is 6. The normalized spacial score (nSPS) is 17.3. The number of rotatable bonds is 5. The number of benzene rings is 2. The Morgan fingerprint density at radius 3 is 2.31 bits per heavy atom. The number of sulfonamides is 2. The van der Waals surface area contributed by atoms with Gasteiger partial charge in [0.25, 0.3) is 10.0 Å². The molecule has 2 aromatic rings. The number of nitrogens with one attached hydrogen (secondary N) is 1. The quantitative estimate of drug-likeness (QED) is 0.739. The first-order valence-corrected chi connectivity index (χ1v) is 12.3. The van der Waals surface area contributed by atoms with Gasteiger partial charge in [0.15, 0.2) is 11.5 Å². The standard InChI is InChI=1S/C18H19ClN2O6S2/c19-15-5-3-13(11-18(15)29(24,25)21-7-1-2-8-21)20-28(22,23)14-4-6-16-17(12-14)27-10-9-26-16/h3-6,11-12,20H,1-2,7-10H2. The highest BCUT2D eigenvalue weighted by atomic mass is 35.5. The van der Waals surface area contributed by atoms with Crippen LogP contribution in [0, 0.1) is 0 Å². The Balaban J connectivity index is 1.64. The summed E-state index contributed by atoms with van der Waals surface area (Å²) in [7, 11) is -7.77. The van der Waals surface area contributed by atoms with Crippen LogP contribution in [0.1, 0.15) is 12.8 Å². The highest BCUT2D eigenvalue weighted by molar-refractivity contribution is 7.92. The molecular weight excluding hydrogens is 440 g/mol. The molecule has 0 spiro atoms. The van der Waals surface area contributed by atoms with Gasteiger partial charge in [0.05, 0.1) is 15.6 Å². The Kier molecular flexibility index (Phi) is 5.36. The van der Waals surface area contributed by atoms with E-state index in [1.807, 2.05) is 0 Å². The Bertz CT molecular complexity index is 1140. The predicted octanol–water partition coefficient (Wildman–Crippen LogP) is 2.70. The molecule has 2 aromatic carbocycles. The maximum Gasteiger partial charge on any atom is 0.262 e. The Morgan fingerprint density at radius 2 is 1.59 bits per heavy atom. The molecule has 156 valence electrons. The summed E-state index contributed by atoms with van der Waals surface area (Å²) in [5.41, 5.74) is 0.0991. The summed E-state index contributed by atoms with van der Waals surface area (Å²) < 4.78 is 65.8. The first kappa shape index (κ1) is 20.3. The van der Waals surface area contributed by atoms with Gasteiger partial charge in [-0.2, -0.15) is 4.31 Å². The van der Waals surface area contributed by atoms with E-state index in [1.165, 1.54) is 40.7 Å². The molecule has 0 aromatic heterocycles. The Labute approximate surface area is 174 Å². The van der Waals surface area contributed by atoms with Crippen molar-refractivity contribution in [1.29, 1.82) is 0 Å². The van der Waals surface area contributed by atoms with Crippen LogP contribution in [0.4, 0.5) is 5.69 Å². The number of ether oxygens (including phenoxy) is 2. The lowest BCUT2D eigenvalue weighted by molar-refractivity contribution is 0.171. The molecule has 0 saturated carbocycles. The highest BCUT2D eigenvalue weighted by Gasteiger charge is 2.30. The molecule has 1 fully saturated rings. The van der Waals surface area contributed by atoms with Crippen molar-refractivity contribution in [3.05, 3.63) is 41.4 Å². The van der Waals surface area contributed by atoms with Gasteiger partial charge in [0.2, 0.25) is 10.0 Å². The second kappa shape index (κ2) is 7.67. The van der Waals surface area contributed by atoms with E-state index in [0.29, 0.717) is 37.8 Å². The molecule has 0 aliphatic carbocycles. The third-order valence-corrected chi connectivity index (χ3v) is 8.45. The summed E-state index contributed by atoms with van der Waals surface area (Å²) in [5.74, 6) is 0.813. The van der Waals surface area contributed by atoms with Crippen LogP contribution in [-0.2, 0) is 20.0 Å². The molecule has 8 nitrogen and oxygen atoms in total. The van der Waals surface area contributed by atoms with E-state index < -0.39 is 20.0 Å². The van der Waals surface area contributed by atoms with Gasteiger partial charge < -0.3 is 9.47 Å². The maximum atomic E-state index is 12.8. The molecule has 0 atom stereocenters. The average molecular weight is 459 g/mol. The van der Waals surface area contributed by atoms with E-state index in [0.717, 1.165) is 12.8 Å². The molecule has 1 saturated heterocycles. The molecule has 0 radical (unpaired) electrons. The molecule has 2 aliphatic rings. The molecule has 0 bridgehead atoms. The van der Waals surface area contributed by atoms with E-state index in [9.17, 15) is 16.8 Å². The van der Waals surface area contributed by atoms with Crippen molar-refractivity contribution in [2.75, 3.05) is 31.0 Å². The van der Waals surface area contributed by atoms with Gasteiger partial charge >= 0.3 is 0 Å². The molecule has 1 N–H and O–H groups in total. The minimum Gasteiger partial charge on any atom is -0.486 e. The molecular formula is C18H19ClN2O6S2. The van der Waals surface area contributed by atoms with Crippen molar-refractivity contribution >= 4 is 37.3 Å². The lowest BCUT2D eigenvalue weighted by Gasteiger charge is -2.19. The summed E-state index contributed by atoms with van der Waals surface area (Å²) in [5, 5.41) is 0.0409. The van der Waals surface area contributed by atoms with Gasteiger partial charge in [0, 0.05) is 19.2 Å². The third kappa shape index (κ3) is 4.02. The lowest BCUT2D eigenvalue weighted by Crippen LogP contribution is -2.28. The summed E-state index contributed by atoms with van der Waals surface area (Å²) in [6.07, 6.45) is 1.57. The lowest BCUT2D eigenvalue weighted by atomic mass is 10.3. The van der Waals surface area contributed by atoms with Crippen LogP contribution in [0.2, 0.25) is 5.02 Å². The number of anilines is 1. The SMILES string of the molecule is O=S(=O)(Nc1ccc(Cl)c(S(=O)(=O)N2CCCC2)c1)c1ccc2c(c1)OCCO2. The van der Waals surface area contributed by atoms with Gasteiger partial charge in [-0.1, -0.05) is 11.6 Å². The molecule has 2 heterocycles. The number of fused-ring (bicyclic) bond motifs is 1. The summed E-state index contributed by atoms with van der Waals surface area (Å²) in [6.45, 7) is 1.58. The summed E-state index contributed by atoms with van der Waals surface area (Å²) in [6, 6.07) is 8.31. The van der Waals surface area contributed by atoms with Gasteiger partial charge in [0.1, 0.15) is 18.1 Å². The van der Waals surface area contributed by atoms with Crippen molar-refractivity contribution in [2.24, 2.45) is 0 Å². The van der Waals surface area contributed by atoms with Crippen LogP contribution >= 0.6 is 11.6 Å². The number of halogens is 1. The number of hydrogen-bond donors (Lipinski definition) is 1. The first-order valence-electron chi connectivity index (χ1n) is 8.99. The van der Waals surface area contributed by atoms with Crippen molar-refractivity contribution in [2.45, 2.75) is 22.6 Å². The van der Waals surface area contributed by atoms with Crippen LogP contribution in [0.5, 0.6) is 11.5 Å². The fourth-order valence-electron chi connectivity index (χ4n) is 3.24. The number of nitrogens with zero attached hydrogens (tertiary/aromatic N) is 1. The van der Waals surface area contributed by atoms with Crippen molar-refractivity contribution < 1.29 is 26.3 Å². The molecule has 11 heteroatoms. The van der Waals surface area contributed by atoms with Gasteiger partial charge in [-0.25, -0.2) is 16.8 Å². The van der Waals surface area contributed by atoms with E-state index in [1.54, 1.807) is 0 Å². The minimum atomic E-state index is -3.98. The fourth-order valence-corrected chi connectivity index (χ4v) is 6.32. The van der Waals surface area contributed by atoms with E-state index in [2.05, 4.69) is 4.72 Å². The minimum absolute atomic E-state index is 0.0272. The monoisotopic (exact) mass is 458 g/mol. The van der Waals surface area contributed by atoms with E-state index in [4.69, 9.17) is 21.1 Å². The van der Waals surface area contributed by atoms with Crippen LogP contribution in [0.25, 0.3) is 0 Å². The van der Waals surface area contributed by atoms with Crippen molar-refractivity contribution in [1.82, 2.24) is 4.31 Å². The summed E-state index contributed by atoms with van der Waals surface area (Å²) >= 11 is 6.11. The Hall–Kier alpha value is -2.01. The largest absolute Gasteiger partial charge is 0.486 e. The zero-order chi connectivity index (χ0) is 20.6. The van der Waals surface area contributed by atoms with Gasteiger partial charge in [-0.15, -0.1) is 0 Å². The molecule has 2 aliphatic heterocycles. The average Bonchev–Trinajstić information content (AvgIpc) is 3.24. The van der Waals surface area contributed by atoms with E-state index >= 15 is 0 Å². The van der Waals surface area contributed by atoms with Crippen LogP contribution in [-0.4, -0.2) is 47.4 Å². The molecule has 4 rings (SSSR count). The second-order valence-electron chi connectivity index (χ2n) is 6.67. The Morgan fingerprint density at radius 1 is 0.897 bits per heavy atom. The van der Waals surface area contributed by atoms with Crippen LogP contribution < -0.4 is 14.2 Å². The van der Waals surface area contributed by atoms with Gasteiger partial charge in [-0.05, 0) is 43.2 Å². The van der Waals surface area contributed by atoms with Gasteiger partial charge in [-0.3, -0.25) is 4.72 Å². The zero-order valence-corrected chi connectivity index (χ0v) is 17.7. The van der Waals surface area contributed by atoms with Crippen molar-refractivity contribution in [3.63, 3.8) is 0 Å².